The zero-order valence-electron chi connectivity index (χ0n) is 7.11. The van der Waals surface area contributed by atoms with Gasteiger partial charge in [0.05, 0.1) is 0 Å². The van der Waals surface area contributed by atoms with Crippen molar-refractivity contribution in [1.82, 2.24) is 0 Å². The maximum Gasteiger partial charge on any atom is 0.152 e. The first-order valence-electron chi connectivity index (χ1n) is 3.84. The minimum absolute atomic E-state index is 0.161. The number of hydrogen-bond donors (Lipinski definition) is 0. The van der Waals surface area contributed by atoms with Crippen LogP contribution < -0.4 is 0 Å². The molecule has 0 aromatic heterocycles. The molecule has 0 N–H and O–H groups in total. The van der Waals surface area contributed by atoms with Crippen LogP contribution in [0.1, 0.15) is 40.0 Å². The number of carbonyl (C=O) groups is 1. The molecule has 0 atom stereocenters. The summed E-state index contributed by atoms with van der Waals surface area (Å²) in [6.45, 7) is 5.76. The monoisotopic (exact) mass is 140 g/mol. The second-order valence-corrected chi connectivity index (χ2v) is 2.70. The second-order valence-electron chi connectivity index (χ2n) is 2.70. The minimum Gasteiger partial charge on any atom is -0.295 e. The van der Waals surface area contributed by atoms with E-state index in [2.05, 4.69) is 6.92 Å². The number of hydrogen-bond acceptors (Lipinski definition) is 1. The Kier molecular flexibility index (Phi) is 4.91. The van der Waals surface area contributed by atoms with Gasteiger partial charge in [0.1, 0.15) is 0 Å². The first-order valence-corrected chi connectivity index (χ1v) is 3.84. The molecule has 0 saturated heterocycles. The van der Waals surface area contributed by atoms with Crippen molar-refractivity contribution in [3.8, 4) is 0 Å². The van der Waals surface area contributed by atoms with E-state index in [0.717, 1.165) is 6.42 Å². The van der Waals surface area contributed by atoms with Crippen LogP contribution in [0.3, 0.4) is 0 Å². The molecule has 0 rings (SSSR count). The van der Waals surface area contributed by atoms with Gasteiger partial charge >= 0.3 is 0 Å². The Bertz CT molecular complexity index is 134. The molecule has 10 heavy (non-hydrogen) atoms. The van der Waals surface area contributed by atoms with Crippen molar-refractivity contribution < 1.29 is 4.79 Å². The lowest BCUT2D eigenvalue weighted by Crippen LogP contribution is -1.85. The van der Waals surface area contributed by atoms with E-state index in [0.29, 0.717) is 0 Å². The van der Waals surface area contributed by atoms with Crippen LogP contribution >= 0.6 is 0 Å². The third-order valence-corrected chi connectivity index (χ3v) is 1.37. The predicted molar refractivity (Wildman–Crippen MR) is 44.0 cm³/mol. The van der Waals surface area contributed by atoms with Crippen molar-refractivity contribution in [2.75, 3.05) is 0 Å². The summed E-state index contributed by atoms with van der Waals surface area (Å²) < 4.78 is 0. The van der Waals surface area contributed by atoms with E-state index >= 15 is 0 Å². The Morgan fingerprint density at radius 3 is 2.40 bits per heavy atom. The summed E-state index contributed by atoms with van der Waals surface area (Å²) in [5, 5.41) is 0. The van der Waals surface area contributed by atoms with Crippen LogP contribution in [0.15, 0.2) is 11.6 Å². The molecule has 0 radical (unpaired) electrons. The summed E-state index contributed by atoms with van der Waals surface area (Å²) in [7, 11) is 0. The number of unbranched alkanes of at least 4 members (excludes halogenated alkanes) is 1. The van der Waals surface area contributed by atoms with Gasteiger partial charge in [0.25, 0.3) is 0 Å². The van der Waals surface area contributed by atoms with Crippen molar-refractivity contribution in [3.05, 3.63) is 11.6 Å². The summed E-state index contributed by atoms with van der Waals surface area (Å²) in [4.78, 5) is 10.5. The van der Waals surface area contributed by atoms with Crippen LogP contribution in [-0.2, 0) is 4.79 Å². The Morgan fingerprint density at radius 1 is 1.40 bits per heavy atom. The molecular weight excluding hydrogens is 124 g/mol. The summed E-state index contributed by atoms with van der Waals surface area (Å²) in [6, 6.07) is 0. The lowest BCUT2D eigenvalue weighted by atomic mass is 10.1. The molecule has 0 unspecified atom stereocenters. The molecule has 1 heteroatoms. The summed E-state index contributed by atoms with van der Waals surface area (Å²) in [5.74, 6) is 0.161. The van der Waals surface area contributed by atoms with E-state index in [9.17, 15) is 4.79 Å². The van der Waals surface area contributed by atoms with Gasteiger partial charge < -0.3 is 0 Å². The molecule has 58 valence electrons. The van der Waals surface area contributed by atoms with Gasteiger partial charge in [-0.3, -0.25) is 4.79 Å². The second kappa shape index (κ2) is 5.21. The van der Waals surface area contributed by atoms with Crippen LogP contribution in [0.2, 0.25) is 0 Å². The number of rotatable bonds is 4. The molecule has 0 aromatic rings. The molecule has 0 aliphatic carbocycles. The summed E-state index contributed by atoms with van der Waals surface area (Å²) in [5.41, 5.74) is 1.20. The normalized spacial score (nSPS) is 11.7. The minimum atomic E-state index is 0.161. The fraction of sp³-hybridized carbons (Fsp3) is 0.667. The third kappa shape index (κ3) is 5.54. The highest BCUT2D eigenvalue weighted by molar-refractivity contribution is 5.87. The van der Waals surface area contributed by atoms with Gasteiger partial charge in [0.2, 0.25) is 0 Å². The molecule has 0 amide bonds. The topological polar surface area (TPSA) is 17.1 Å². The van der Waals surface area contributed by atoms with Gasteiger partial charge in [-0.25, -0.2) is 0 Å². The molecule has 0 spiro atoms. The fourth-order valence-electron chi connectivity index (χ4n) is 0.875. The van der Waals surface area contributed by atoms with Gasteiger partial charge in [-0.1, -0.05) is 18.9 Å². The highest BCUT2D eigenvalue weighted by Gasteiger charge is 1.90. The molecule has 0 aliphatic heterocycles. The standard InChI is InChI=1S/C9H16O/c1-4-5-6-8(2)7-9(3)10/h7H,4-6H2,1-3H3/b8-7+. The van der Waals surface area contributed by atoms with Crippen molar-refractivity contribution in [2.45, 2.75) is 40.0 Å². The van der Waals surface area contributed by atoms with E-state index < -0.39 is 0 Å². The fourth-order valence-corrected chi connectivity index (χ4v) is 0.875. The van der Waals surface area contributed by atoms with E-state index in [1.807, 2.05) is 6.92 Å². The average molecular weight is 140 g/mol. The molecule has 0 aliphatic rings. The highest BCUT2D eigenvalue weighted by atomic mass is 16.1. The van der Waals surface area contributed by atoms with Crippen molar-refractivity contribution >= 4 is 5.78 Å². The number of allylic oxidation sites excluding steroid dienone is 2. The lowest BCUT2D eigenvalue weighted by molar-refractivity contribution is -0.112. The van der Waals surface area contributed by atoms with Crippen molar-refractivity contribution in [1.29, 1.82) is 0 Å². The Hall–Kier alpha value is -0.590. The number of ketones is 1. The van der Waals surface area contributed by atoms with Gasteiger partial charge in [-0.05, 0) is 32.8 Å². The number of carbonyl (C=O) groups excluding carboxylic acids is 1. The maximum atomic E-state index is 10.5. The lowest BCUT2D eigenvalue weighted by Gasteiger charge is -1.95. The predicted octanol–water partition coefficient (Wildman–Crippen LogP) is 2.71. The largest absolute Gasteiger partial charge is 0.295 e. The van der Waals surface area contributed by atoms with Gasteiger partial charge in [0.15, 0.2) is 5.78 Å². The highest BCUT2D eigenvalue weighted by Crippen LogP contribution is 2.05. The molecule has 0 bridgehead atoms. The van der Waals surface area contributed by atoms with Gasteiger partial charge in [-0.2, -0.15) is 0 Å². The molecule has 1 nitrogen and oxygen atoms in total. The summed E-state index contributed by atoms with van der Waals surface area (Å²) >= 11 is 0. The Morgan fingerprint density at radius 2 is 2.00 bits per heavy atom. The molecular formula is C9H16O. The van der Waals surface area contributed by atoms with E-state index in [1.165, 1.54) is 18.4 Å². The zero-order valence-corrected chi connectivity index (χ0v) is 7.11. The van der Waals surface area contributed by atoms with Crippen LogP contribution in [0.25, 0.3) is 0 Å². The third-order valence-electron chi connectivity index (χ3n) is 1.37. The smallest absolute Gasteiger partial charge is 0.152 e. The Balaban J connectivity index is 3.60. The molecule has 0 aromatic carbocycles. The van der Waals surface area contributed by atoms with Crippen LogP contribution in [0.4, 0.5) is 0 Å². The van der Waals surface area contributed by atoms with Crippen LogP contribution in [0, 0.1) is 0 Å². The average Bonchev–Trinajstić information content (AvgIpc) is 1.82. The van der Waals surface area contributed by atoms with Crippen LogP contribution in [-0.4, -0.2) is 5.78 Å². The van der Waals surface area contributed by atoms with Crippen LogP contribution in [0.5, 0.6) is 0 Å². The maximum absolute atomic E-state index is 10.5. The zero-order chi connectivity index (χ0) is 7.98. The van der Waals surface area contributed by atoms with Gasteiger partial charge in [-0.15, -0.1) is 0 Å². The van der Waals surface area contributed by atoms with Gasteiger partial charge in [0, 0.05) is 0 Å². The molecule has 0 saturated carbocycles. The quantitative estimate of drug-likeness (QED) is 0.549. The van der Waals surface area contributed by atoms with E-state index in [1.54, 1.807) is 13.0 Å². The SMILES string of the molecule is CCCC/C(C)=C/C(C)=O. The first kappa shape index (κ1) is 9.41. The molecule has 0 heterocycles. The molecule has 0 fully saturated rings. The van der Waals surface area contributed by atoms with Crippen molar-refractivity contribution in [2.24, 2.45) is 0 Å². The van der Waals surface area contributed by atoms with E-state index in [-0.39, 0.29) is 5.78 Å². The first-order chi connectivity index (χ1) is 4.66. The van der Waals surface area contributed by atoms with Crippen molar-refractivity contribution in [3.63, 3.8) is 0 Å². The Labute approximate surface area is 63.1 Å². The summed E-state index contributed by atoms with van der Waals surface area (Å²) in [6.07, 6.45) is 5.17. The van der Waals surface area contributed by atoms with E-state index in [4.69, 9.17) is 0 Å².